The Morgan fingerprint density at radius 1 is 1.14 bits per heavy atom. The van der Waals surface area contributed by atoms with E-state index >= 15 is 0 Å². The van der Waals surface area contributed by atoms with Gasteiger partial charge in [-0.05, 0) is 51.6 Å². The van der Waals surface area contributed by atoms with Gasteiger partial charge in [-0.25, -0.2) is 0 Å². The molecule has 1 heterocycles. The molecule has 0 aromatic carbocycles. The number of aliphatic imine (C=N–C) groups is 1. The van der Waals surface area contributed by atoms with Gasteiger partial charge in [0, 0.05) is 12.1 Å². The fraction of sp³-hybridized carbons (Fsp3) is 0.941. The SMILES string of the molecule is CC1CCN(C(C)CN=C(N)NC2CCCCCC2)CC1. The second-order valence-corrected chi connectivity index (χ2v) is 7.13. The van der Waals surface area contributed by atoms with Crippen LogP contribution in [0.25, 0.3) is 0 Å². The predicted molar refractivity (Wildman–Crippen MR) is 90.5 cm³/mol. The first-order valence-electron chi connectivity index (χ1n) is 8.95. The molecule has 1 saturated carbocycles. The summed E-state index contributed by atoms with van der Waals surface area (Å²) in [5.41, 5.74) is 6.08. The molecule has 2 aliphatic rings. The van der Waals surface area contributed by atoms with Gasteiger partial charge in [-0.1, -0.05) is 32.6 Å². The third-order valence-electron chi connectivity index (χ3n) is 5.17. The Hall–Kier alpha value is -0.770. The first kappa shape index (κ1) is 16.6. The monoisotopic (exact) mass is 294 g/mol. The fourth-order valence-electron chi connectivity index (χ4n) is 3.49. The number of hydrogen-bond donors (Lipinski definition) is 2. The number of rotatable bonds is 4. The van der Waals surface area contributed by atoms with Crippen molar-refractivity contribution in [1.82, 2.24) is 10.2 Å². The number of nitrogens with one attached hydrogen (secondary N) is 1. The van der Waals surface area contributed by atoms with Crippen molar-refractivity contribution in [2.75, 3.05) is 19.6 Å². The summed E-state index contributed by atoms with van der Waals surface area (Å²) in [6.07, 6.45) is 10.5. The maximum absolute atomic E-state index is 6.08. The number of hydrogen-bond acceptors (Lipinski definition) is 2. The van der Waals surface area contributed by atoms with E-state index < -0.39 is 0 Å². The molecule has 3 N–H and O–H groups in total. The maximum Gasteiger partial charge on any atom is 0.188 e. The van der Waals surface area contributed by atoms with Crippen LogP contribution >= 0.6 is 0 Å². The van der Waals surface area contributed by atoms with Gasteiger partial charge in [0.25, 0.3) is 0 Å². The molecular formula is C17H34N4. The van der Waals surface area contributed by atoms with Crippen molar-refractivity contribution in [3.05, 3.63) is 0 Å². The van der Waals surface area contributed by atoms with Gasteiger partial charge in [-0.15, -0.1) is 0 Å². The Balaban J connectivity index is 1.71. The second-order valence-electron chi connectivity index (χ2n) is 7.13. The number of nitrogens with two attached hydrogens (primary N) is 1. The van der Waals surface area contributed by atoms with Crippen LogP contribution < -0.4 is 11.1 Å². The van der Waals surface area contributed by atoms with E-state index in [0.29, 0.717) is 18.0 Å². The first-order valence-corrected chi connectivity index (χ1v) is 8.95. The highest BCUT2D eigenvalue weighted by atomic mass is 15.2. The largest absolute Gasteiger partial charge is 0.370 e. The minimum Gasteiger partial charge on any atom is -0.370 e. The standard InChI is InChI=1S/C17H34N4/c1-14-9-11-21(12-10-14)15(2)13-19-17(18)20-16-7-5-3-4-6-8-16/h14-16H,3-13H2,1-2H3,(H3,18,19,20). The summed E-state index contributed by atoms with van der Waals surface area (Å²) in [7, 11) is 0. The third-order valence-corrected chi connectivity index (χ3v) is 5.17. The Kier molecular flexibility index (Phi) is 6.81. The van der Waals surface area contributed by atoms with Gasteiger partial charge in [0.05, 0.1) is 6.54 Å². The van der Waals surface area contributed by atoms with Gasteiger partial charge < -0.3 is 11.1 Å². The van der Waals surface area contributed by atoms with Crippen LogP contribution in [0.5, 0.6) is 0 Å². The summed E-state index contributed by atoms with van der Waals surface area (Å²) in [4.78, 5) is 7.14. The van der Waals surface area contributed by atoms with Crippen molar-refractivity contribution in [3.63, 3.8) is 0 Å². The first-order chi connectivity index (χ1) is 10.1. The van der Waals surface area contributed by atoms with E-state index in [0.717, 1.165) is 12.5 Å². The Morgan fingerprint density at radius 3 is 2.38 bits per heavy atom. The third kappa shape index (κ3) is 5.85. The summed E-state index contributed by atoms with van der Waals surface area (Å²) in [5, 5.41) is 3.43. The van der Waals surface area contributed by atoms with E-state index in [9.17, 15) is 0 Å². The quantitative estimate of drug-likeness (QED) is 0.476. The van der Waals surface area contributed by atoms with Crippen LogP contribution in [-0.2, 0) is 0 Å². The summed E-state index contributed by atoms with van der Waals surface area (Å²) >= 11 is 0. The van der Waals surface area contributed by atoms with Crippen LogP contribution in [-0.4, -0.2) is 42.6 Å². The molecule has 21 heavy (non-hydrogen) atoms. The van der Waals surface area contributed by atoms with E-state index in [1.165, 1.54) is 64.5 Å². The number of nitrogens with zero attached hydrogens (tertiary/aromatic N) is 2. The molecule has 4 nitrogen and oxygen atoms in total. The van der Waals surface area contributed by atoms with Crippen LogP contribution in [0.2, 0.25) is 0 Å². The van der Waals surface area contributed by atoms with Crippen molar-refractivity contribution >= 4 is 5.96 Å². The van der Waals surface area contributed by atoms with Crippen molar-refractivity contribution in [2.24, 2.45) is 16.6 Å². The highest BCUT2D eigenvalue weighted by Gasteiger charge is 2.20. The van der Waals surface area contributed by atoms with Crippen LogP contribution in [0, 0.1) is 5.92 Å². The molecule has 1 unspecified atom stereocenters. The van der Waals surface area contributed by atoms with E-state index in [4.69, 9.17) is 5.73 Å². The molecule has 1 aliphatic carbocycles. The van der Waals surface area contributed by atoms with E-state index in [-0.39, 0.29) is 0 Å². The zero-order chi connectivity index (χ0) is 15.1. The van der Waals surface area contributed by atoms with Gasteiger partial charge >= 0.3 is 0 Å². The molecule has 0 aromatic heterocycles. The Morgan fingerprint density at radius 2 is 1.76 bits per heavy atom. The minimum atomic E-state index is 0.506. The molecule has 0 aromatic rings. The molecule has 0 spiro atoms. The molecule has 4 heteroatoms. The zero-order valence-electron chi connectivity index (χ0n) is 14.0. The molecule has 1 aliphatic heterocycles. The van der Waals surface area contributed by atoms with Crippen LogP contribution in [0.4, 0.5) is 0 Å². The van der Waals surface area contributed by atoms with E-state index in [2.05, 4.69) is 29.1 Å². The van der Waals surface area contributed by atoms with Gasteiger partial charge in [-0.2, -0.15) is 0 Å². The molecule has 122 valence electrons. The van der Waals surface area contributed by atoms with Crippen molar-refractivity contribution in [3.8, 4) is 0 Å². The second kappa shape index (κ2) is 8.62. The van der Waals surface area contributed by atoms with E-state index in [1.54, 1.807) is 0 Å². The van der Waals surface area contributed by atoms with Gasteiger partial charge in [0.2, 0.25) is 0 Å². The Labute approximate surface area is 130 Å². The highest BCUT2D eigenvalue weighted by molar-refractivity contribution is 5.78. The lowest BCUT2D eigenvalue weighted by molar-refractivity contribution is 0.150. The zero-order valence-corrected chi connectivity index (χ0v) is 14.0. The topological polar surface area (TPSA) is 53.6 Å². The molecule has 1 saturated heterocycles. The summed E-state index contributed by atoms with van der Waals surface area (Å²) in [6, 6.07) is 1.05. The number of guanidine groups is 1. The van der Waals surface area contributed by atoms with Crippen LogP contribution in [0.15, 0.2) is 4.99 Å². The molecule has 2 rings (SSSR count). The summed E-state index contributed by atoms with van der Waals surface area (Å²) in [6.45, 7) is 7.88. The minimum absolute atomic E-state index is 0.506. The molecular weight excluding hydrogens is 260 g/mol. The average Bonchev–Trinajstić information content (AvgIpc) is 2.74. The van der Waals surface area contributed by atoms with Crippen molar-refractivity contribution in [1.29, 1.82) is 0 Å². The van der Waals surface area contributed by atoms with Crippen molar-refractivity contribution in [2.45, 2.75) is 77.3 Å². The van der Waals surface area contributed by atoms with Gasteiger partial charge in [0.1, 0.15) is 0 Å². The lowest BCUT2D eigenvalue weighted by Gasteiger charge is -2.34. The lowest BCUT2D eigenvalue weighted by Crippen LogP contribution is -2.43. The fourth-order valence-corrected chi connectivity index (χ4v) is 3.49. The molecule has 1 atom stereocenters. The smallest absolute Gasteiger partial charge is 0.188 e. The maximum atomic E-state index is 6.08. The van der Waals surface area contributed by atoms with E-state index in [1.807, 2.05) is 0 Å². The number of piperidine rings is 1. The number of likely N-dealkylation sites (tertiary alicyclic amines) is 1. The Bertz CT molecular complexity index is 313. The summed E-state index contributed by atoms with van der Waals surface area (Å²) in [5.74, 6) is 1.54. The normalized spacial score (nSPS) is 25.5. The summed E-state index contributed by atoms with van der Waals surface area (Å²) < 4.78 is 0. The van der Waals surface area contributed by atoms with Crippen LogP contribution in [0.3, 0.4) is 0 Å². The predicted octanol–water partition coefficient (Wildman–Crippen LogP) is 2.73. The average molecular weight is 294 g/mol. The molecule has 0 bridgehead atoms. The van der Waals surface area contributed by atoms with Crippen LogP contribution in [0.1, 0.15) is 65.2 Å². The molecule has 0 amide bonds. The highest BCUT2D eigenvalue weighted by Crippen LogP contribution is 2.18. The van der Waals surface area contributed by atoms with Gasteiger partial charge in [-0.3, -0.25) is 9.89 Å². The lowest BCUT2D eigenvalue weighted by atomic mass is 9.98. The molecule has 2 fully saturated rings. The van der Waals surface area contributed by atoms with Gasteiger partial charge in [0.15, 0.2) is 5.96 Å². The molecule has 0 radical (unpaired) electrons. The van der Waals surface area contributed by atoms with Crippen molar-refractivity contribution < 1.29 is 0 Å².